The smallest absolute Gasteiger partial charge is 0.334 e. The highest BCUT2D eigenvalue weighted by molar-refractivity contribution is 5.95. The van der Waals surface area contributed by atoms with Crippen LogP contribution in [0.5, 0.6) is 0 Å². The van der Waals surface area contributed by atoms with Crippen LogP contribution < -0.4 is 0 Å². The molecule has 1 rings (SSSR count). The van der Waals surface area contributed by atoms with Gasteiger partial charge in [-0.3, -0.25) is 0 Å². The molecule has 0 aromatic carbocycles. The molecule has 0 atom stereocenters. The van der Waals surface area contributed by atoms with Crippen molar-refractivity contribution in [2.75, 3.05) is 7.11 Å². The first-order chi connectivity index (χ1) is 11.8. The maximum atomic E-state index is 11.2. The quantitative estimate of drug-likeness (QED) is 0.158. The van der Waals surface area contributed by atoms with Crippen molar-refractivity contribution >= 4 is 5.97 Å². The first kappa shape index (κ1) is 20.5. The second-order valence-electron chi connectivity index (χ2n) is 6.42. The summed E-state index contributed by atoms with van der Waals surface area (Å²) in [7, 11) is 1.43. The lowest BCUT2D eigenvalue weighted by Gasteiger charge is -1.97. The van der Waals surface area contributed by atoms with E-state index in [0.717, 1.165) is 24.0 Å². The van der Waals surface area contributed by atoms with E-state index in [4.69, 9.17) is 0 Å². The van der Waals surface area contributed by atoms with Gasteiger partial charge < -0.3 is 4.74 Å². The molecule has 134 valence electrons. The largest absolute Gasteiger partial charge is 0.466 e. The minimum atomic E-state index is -0.189. The van der Waals surface area contributed by atoms with Crippen LogP contribution in [0.3, 0.4) is 0 Å². The van der Waals surface area contributed by atoms with Gasteiger partial charge in [-0.2, -0.15) is 0 Å². The van der Waals surface area contributed by atoms with Gasteiger partial charge in [0.15, 0.2) is 0 Å². The molecule has 0 N–H and O–H groups in total. The molecule has 0 aromatic heterocycles. The lowest BCUT2D eigenvalue weighted by Crippen LogP contribution is -1.95. The molecule has 2 heteroatoms. The number of ether oxygens (including phenoxy) is 1. The minimum absolute atomic E-state index is 0.189. The summed E-state index contributed by atoms with van der Waals surface area (Å²) in [6.45, 7) is 2.26. The van der Waals surface area contributed by atoms with Crippen LogP contribution in [0.25, 0.3) is 0 Å². The van der Waals surface area contributed by atoms with E-state index < -0.39 is 0 Å². The molecule has 24 heavy (non-hydrogen) atoms. The molecule has 0 unspecified atom stereocenters. The Morgan fingerprint density at radius 2 is 1.58 bits per heavy atom. The molecule has 0 fully saturated rings. The molecule has 0 saturated carbocycles. The van der Waals surface area contributed by atoms with Crippen LogP contribution in [0.2, 0.25) is 0 Å². The van der Waals surface area contributed by atoms with Crippen LogP contribution >= 0.6 is 0 Å². The maximum Gasteiger partial charge on any atom is 0.334 e. The Hall–Kier alpha value is -1.57. The lowest BCUT2D eigenvalue weighted by atomic mass is 10.1. The predicted octanol–water partition coefficient (Wildman–Crippen LogP) is 6.45. The maximum absolute atomic E-state index is 11.2. The van der Waals surface area contributed by atoms with Gasteiger partial charge in [-0.1, -0.05) is 75.5 Å². The van der Waals surface area contributed by atoms with Gasteiger partial charge in [0.05, 0.1) is 7.11 Å². The number of hydrogen-bond donors (Lipinski definition) is 0. The fraction of sp³-hybridized carbons (Fsp3) is 0.591. The zero-order valence-electron chi connectivity index (χ0n) is 15.6. The van der Waals surface area contributed by atoms with Crippen LogP contribution in [0.1, 0.15) is 77.6 Å². The highest BCUT2D eigenvalue weighted by Crippen LogP contribution is 2.32. The summed E-state index contributed by atoms with van der Waals surface area (Å²) in [6, 6.07) is 0. The molecule has 1 aliphatic rings. The number of allylic oxidation sites excluding steroid dienone is 7. The molecule has 0 spiro atoms. The molecule has 0 saturated heterocycles. The van der Waals surface area contributed by atoms with E-state index >= 15 is 0 Å². The van der Waals surface area contributed by atoms with Gasteiger partial charge in [-0.05, 0) is 37.7 Å². The number of esters is 1. The number of methoxy groups -OCH3 is 1. The van der Waals surface area contributed by atoms with Crippen LogP contribution in [-0.2, 0) is 9.53 Å². The first-order valence-electron chi connectivity index (χ1n) is 9.58. The minimum Gasteiger partial charge on any atom is -0.466 e. The number of hydrogen-bond acceptors (Lipinski definition) is 2. The van der Waals surface area contributed by atoms with Crippen LogP contribution in [-0.4, -0.2) is 13.1 Å². The van der Waals surface area contributed by atoms with E-state index in [1.165, 1.54) is 64.9 Å². The number of unbranched alkanes of at least 4 members (excludes halogenated alkanes) is 8. The fourth-order valence-corrected chi connectivity index (χ4v) is 2.61. The van der Waals surface area contributed by atoms with Crippen LogP contribution in [0.4, 0.5) is 0 Å². The Kier molecular flexibility index (Phi) is 11.8. The molecule has 0 heterocycles. The van der Waals surface area contributed by atoms with Crippen molar-refractivity contribution in [2.24, 2.45) is 0 Å². The second-order valence-corrected chi connectivity index (χ2v) is 6.42. The molecule has 0 bridgehead atoms. The van der Waals surface area contributed by atoms with Crippen molar-refractivity contribution in [1.29, 1.82) is 0 Å². The fourth-order valence-electron chi connectivity index (χ4n) is 2.61. The molecular formula is C22H34O2. The van der Waals surface area contributed by atoms with Crippen LogP contribution in [0, 0.1) is 0 Å². The first-order valence-corrected chi connectivity index (χ1v) is 9.58. The molecule has 1 aliphatic carbocycles. The van der Waals surface area contributed by atoms with Gasteiger partial charge in [0.1, 0.15) is 0 Å². The third-order valence-corrected chi connectivity index (χ3v) is 4.24. The number of carbonyl (C=O) groups is 1. The van der Waals surface area contributed by atoms with Crippen molar-refractivity contribution < 1.29 is 9.53 Å². The average molecular weight is 331 g/mol. The standard InChI is InChI=1S/C22H34O2/c1-3-4-5-6-7-8-9-10-11-12-13-14-15-16-17-18-20-19-21(20)22(23)24-2/h10-11,15-18H,3-9,12-14,19H2,1-2H3. The van der Waals surface area contributed by atoms with Gasteiger partial charge in [0, 0.05) is 12.0 Å². The zero-order chi connectivity index (χ0) is 17.5. The summed E-state index contributed by atoms with van der Waals surface area (Å²) >= 11 is 0. The third kappa shape index (κ3) is 10.3. The molecule has 0 amide bonds. The SMILES string of the molecule is CCCCCCCCC=CCCCC=CC=CC1=C(C(=O)OC)C1. The van der Waals surface area contributed by atoms with Gasteiger partial charge >= 0.3 is 5.97 Å². The number of rotatable bonds is 14. The average Bonchev–Trinajstić information content (AvgIpc) is 3.37. The molecule has 0 radical (unpaired) electrons. The summed E-state index contributed by atoms with van der Waals surface area (Å²) < 4.78 is 4.68. The zero-order valence-corrected chi connectivity index (χ0v) is 15.6. The summed E-state index contributed by atoms with van der Waals surface area (Å²) in [4.78, 5) is 11.2. The Balaban J connectivity index is 1.92. The summed E-state index contributed by atoms with van der Waals surface area (Å²) in [5.41, 5.74) is 1.92. The highest BCUT2D eigenvalue weighted by atomic mass is 16.5. The second kappa shape index (κ2) is 13.8. The van der Waals surface area contributed by atoms with Crippen LogP contribution in [0.15, 0.2) is 47.6 Å². The van der Waals surface area contributed by atoms with Crippen molar-refractivity contribution in [3.63, 3.8) is 0 Å². The van der Waals surface area contributed by atoms with Gasteiger partial charge in [0.25, 0.3) is 0 Å². The van der Waals surface area contributed by atoms with Crippen molar-refractivity contribution in [2.45, 2.75) is 77.6 Å². The summed E-state index contributed by atoms with van der Waals surface area (Å²) in [5.74, 6) is -0.189. The van der Waals surface area contributed by atoms with Gasteiger partial charge in [0.2, 0.25) is 0 Å². The molecule has 2 nitrogen and oxygen atoms in total. The molecule has 0 aliphatic heterocycles. The normalized spacial score (nSPS) is 14.4. The van der Waals surface area contributed by atoms with Crippen molar-refractivity contribution in [1.82, 2.24) is 0 Å². The van der Waals surface area contributed by atoms with E-state index in [2.05, 4.69) is 36.0 Å². The van der Waals surface area contributed by atoms with Crippen molar-refractivity contribution in [3.05, 3.63) is 47.6 Å². The monoisotopic (exact) mass is 330 g/mol. The summed E-state index contributed by atoms with van der Waals surface area (Å²) in [5, 5.41) is 0. The topological polar surface area (TPSA) is 26.3 Å². The Morgan fingerprint density at radius 1 is 0.917 bits per heavy atom. The molecule has 0 aromatic rings. The van der Waals surface area contributed by atoms with E-state index in [1.807, 2.05) is 12.2 Å². The Bertz CT molecular complexity index is 466. The lowest BCUT2D eigenvalue weighted by molar-refractivity contribution is -0.135. The van der Waals surface area contributed by atoms with Gasteiger partial charge in [-0.25, -0.2) is 4.79 Å². The molecular weight excluding hydrogens is 296 g/mol. The Morgan fingerprint density at radius 3 is 2.33 bits per heavy atom. The number of carbonyl (C=O) groups excluding carboxylic acids is 1. The third-order valence-electron chi connectivity index (χ3n) is 4.24. The van der Waals surface area contributed by atoms with E-state index in [1.54, 1.807) is 0 Å². The van der Waals surface area contributed by atoms with E-state index in [-0.39, 0.29) is 5.97 Å². The van der Waals surface area contributed by atoms with Crippen molar-refractivity contribution in [3.8, 4) is 0 Å². The summed E-state index contributed by atoms with van der Waals surface area (Å²) in [6.07, 6.45) is 26.7. The van der Waals surface area contributed by atoms with E-state index in [9.17, 15) is 4.79 Å². The van der Waals surface area contributed by atoms with E-state index in [0.29, 0.717) is 0 Å². The van der Waals surface area contributed by atoms with Gasteiger partial charge in [-0.15, -0.1) is 0 Å². The Labute approximate surface area is 148 Å². The highest BCUT2D eigenvalue weighted by Gasteiger charge is 2.26. The predicted molar refractivity (Wildman–Crippen MR) is 103 cm³/mol.